The van der Waals surface area contributed by atoms with Gasteiger partial charge >= 0.3 is 19.1 Å². The summed E-state index contributed by atoms with van der Waals surface area (Å²) < 4.78 is 40.6. The Bertz CT molecular complexity index is 1070. The van der Waals surface area contributed by atoms with Gasteiger partial charge in [-0.3, -0.25) is 14.0 Å². The second kappa shape index (κ2) is 11.2. The van der Waals surface area contributed by atoms with E-state index in [1.54, 1.807) is 19.1 Å². The van der Waals surface area contributed by atoms with Gasteiger partial charge in [-0.05, 0) is 55.1 Å². The third-order valence-corrected chi connectivity index (χ3v) is 8.63. The van der Waals surface area contributed by atoms with E-state index in [2.05, 4.69) is 26.1 Å². The van der Waals surface area contributed by atoms with Crippen molar-refractivity contribution < 1.29 is 42.3 Å². The molecular formula is C27H37BFNO8. The number of ether oxygens (including phenoxy) is 3. The summed E-state index contributed by atoms with van der Waals surface area (Å²) >= 11 is 0. The SMILES string of the molecule is CCC(=O)NC(Cc1cccc(C(=O)OCOC(=O)CCF)c1OC)B1OC2CC3CC(C3(C)C)C2(C)O1. The molecule has 2 bridgehead atoms. The zero-order chi connectivity index (χ0) is 27.7. The first-order valence-corrected chi connectivity index (χ1v) is 13.2. The van der Waals surface area contributed by atoms with Crippen LogP contribution in [0.2, 0.25) is 0 Å². The van der Waals surface area contributed by atoms with Crippen molar-refractivity contribution in [2.45, 2.75) is 77.4 Å². The molecule has 5 rings (SSSR count). The number of rotatable bonds is 11. The van der Waals surface area contributed by atoms with E-state index in [9.17, 15) is 18.8 Å². The quantitative estimate of drug-likeness (QED) is 0.262. The minimum Gasteiger partial charge on any atom is -0.496 e. The fraction of sp³-hybridized carbons (Fsp3) is 0.667. The van der Waals surface area contributed by atoms with Gasteiger partial charge in [-0.1, -0.05) is 32.9 Å². The van der Waals surface area contributed by atoms with E-state index in [1.165, 1.54) is 13.2 Å². The molecule has 0 spiro atoms. The van der Waals surface area contributed by atoms with Crippen molar-refractivity contribution >= 4 is 25.0 Å². The molecule has 3 aliphatic carbocycles. The van der Waals surface area contributed by atoms with Gasteiger partial charge in [0.1, 0.15) is 11.3 Å². The minimum absolute atomic E-state index is 0.0476. The summed E-state index contributed by atoms with van der Waals surface area (Å²) in [5.74, 6) is -0.993. The van der Waals surface area contributed by atoms with Crippen molar-refractivity contribution in [2.75, 3.05) is 20.6 Å². The van der Waals surface area contributed by atoms with E-state index >= 15 is 0 Å². The molecule has 208 valence electrons. The number of para-hydroxylation sites is 1. The lowest BCUT2D eigenvalue weighted by molar-refractivity contribution is -0.199. The molecule has 38 heavy (non-hydrogen) atoms. The Hall–Kier alpha value is -2.66. The molecule has 0 aromatic heterocycles. The first kappa shape index (κ1) is 28.4. The molecule has 1 saturated heterocycles. The second-order valence-corrected chi connectivity index (χ2v) is 11.1. The van der Waals surface area contributed by atoms with Crippen LogP contribution in [0.15, 0.2) is 18.2 Å². The van der Waals surface area contributed by atoms with Crippen molar-refractivity contribution in [1.82, 2.24) is 5.32 Å². The van der Waals surface area contributed by atoms with E-state index in [0.29, 0.717) is 23.8 Å². The van der Waals surface area contributed by atoms with Crippen LogP contribution in [0.3, 0.4) is 0 Å². The second-order valence-electron chi connectivity index (χ2n) is 11.1. The highest BCUT2D eigenvalue weighted by Gasteiger charge is 2.68. The number of nitrogens with one attached hydrogen (secondary N) is 1. The topological polar surface area (TPSA) is 109 Å². The molecule has 0 radical (unpaired) electrons. The summed E-state index contributed by atoms with van der Waals surface area (Å²) in [5, 5.41) is 3.04. The number of benzene rings is 1. The van der Waals surface area contributed by atoms with E-state index < -0.39 is 50.5 Å². The predicted molar refractivity (Wildman–Crippen MR) is 136 cm³/mol. The number of hydrogen-bond donors (Lipinski definition) is 1. The molecule has 1 aromatic carbocycles. The summed E-state index contributed by atoms with van der Waals surface area (Å²) in [6.45, 7) is 6.98. The van der Waals surface area contributed by atoms with Gasteiger partial charge in [-0.15, -0.1) is 0 Å². The van der Waals surface area contributed by atoms with Gasteiger partial charge < -0.3 is 28.8 Å². The Kier molecular flexibility index (Phi) is 8.37. The molecule has 4 aliphatic rings. The standard InChI is InChI=1S/C27H37BFNO8/c1-6-22(31)30-21(28-37-20-14-17-13-19(26(17,2)3)27(20,4)38-28)12-16-8-7-9-18(24(16)34-5)25(33)36-15-35-23(32)10-11-29/h7-9,17,19-21H,6,10-15H2,1-5H3,(H,30,31). The Morgan fingerprint density at radius 1 is 1.21 bits per heavy atom. The number of carbonyl (C=O) groups is 3. The van der Waals surface area contributed by atoms with E-state index in [0.717, 1.165) is 12.8 Å². The van der Waals surface area contributed by atoms with Crippen LogP contribution in [-0.4, -0.2) is 63.2 Å². The first-order chi connectivity index (χ1) is 18.0. The van der Waals surface area contributed by atoms with Crippen LogP contribution in [0.4, 0.5) is 4.39 Å². The monoisotopic (exact) mass is 533 g/mol. The van der Waals surface area contributed by atoms with Gasteiger partial charge in [0.2, 0.25) is 12.7 Å². The van der Waals surface area contributed by atoms with Crippen molar-refractivity contribution in [3.8, 4) is 5.75 Å². The van der Waals surface area contributed by atoms with Crippen LogP contribution in [0.5, 0.6) is 5.75 Å². The molecule has 5 unspecified atom stereocenters. The summed E-state index contributed by atoms with van der Waals surface area (Å²) in [6.07, 6.45) is 2.16. The molecule has 1 heterocycles. The lowest BCUT2D eigenvalue weighted by atomic mass is 9.43. The van der Waals surface area contributed by atoms with Gasteiger partial charge in [0.25, 0.3) is 0 Å². The first-order valence-electron chi connectivity index (χ1n) is 13.2. The van der Waals surface area contributed by atoms with Gasteiger partial charge in [-0.2, -0.15) is 0 Å². The smallest absolute Gasteiger partial charge is 0.482 e. The van der Waals surface area contributed by atoms with Crippen LogP contribution in [0, 0.1) is 17.3 Å². The normalized spacial score (nSPS) is 27.5. The molecule has 3 saturated carbocycles. The summed E-state index contributed by atoms with van der Waals surface area (Å²) in [6, 6.07) is 5.00. The van der Waals surface area contributed by atoms with E-state index in [-0.39, 0.29) is 35.2 Å². The van der Waals surface area contributed by atoms with Crippen LogP contribution in [-0.2, 0) is 34.8 Å². The number of hydrogen-bond acceptors (Lipinski definition) is 8. The van der Waals surface area contributed by atoms with E-state index in [1.807, 2.05) is 0 Å². The number of halogens is 1. The fourth-order valence-electron chi connectivity index (χ4n) is 6.36. The largest absolute Gasteiger partial charge is 0.496 e. The number of esters is 2. The molecule has 11 heteroatoms. The van der Waals surface area contributed by atoms with Crippen LogP contribution >= 0.6 is 0 Å². The van der Waals surface area contributed by atoms with Gasteiger partial charge in [0, 0.05) is 6.42 Å². The Balaban J connectivity index is 1.52. The van der Waals surface area contributed by atoms with Crippen molar-refractivity contribution in [1.29, 1.82) is 0 Å². The average molecular weight is 533 g/mol. The van der Waals surface area contributed by atoms with Crippen LogP contribution in [0.1, 0.15) is 69.3 Å². The number of amides is 1. The Labute approximate surface area is 223 Å². The van der Waals surface area contributed by atoms with Crippen molar-refractivity contribution in [3.63, 3.8) is 0 Å². The average Bonchev–Trinajstić information content (AvgIpc) is 3.25. The molecular weight excluding hydrogens is 496 g/mol. The summed E-state index contributed by atoms with van der Waals surface area (Å²) in [4.78, 5) is 36.5. The van der Waals surface area contributed by atoms with Crippen molar-refractivity contribution in [3.05, 3.63) is 29.3 Å². The van der Waals surface area contributed by atoms with Gasteiger partial charge in [0.05, 0.1) is 37.9 Å². The van der Waals surface area contributed by atoms with Gasteiger partial charge in [-0.25, -0.2) is 4.79 Å². The molecule has 1 N–H and O–H groups in total. The highest BCUT2D eigenvalue weighted by atomic mass is 19.1. The number of methoxy groups -OCH3 is 1. The highest BCUT2D eigenvalue weighted by molar-refractivity contribution is 6.48. The summed E-state index contributed by atoms with van der Waals surface area (Å²) in [5.41, 5.74) is 0.523. The molecule has 1 aromatic rings. The number of alkyl halides is 1. The van der Waals surface area contributed by atoms with Crippen LogP contribution < -0.4 is 10.1 Å². The molecule has 5 atom stereocenters. The third-order valence-electron chi connectivity index (χ3n) is 8.63. The predicted octanol–water partition coefficient (Wildman–Crippen LogP) is 3.42. The maximum Gasteiger partial charge on any atom is 0.482 e. The summed E-state index contributed by atoms with van der Waals surface area (Å²) in [7, 11) is 0.773. The van der Waals surface area contributed by atoms with Crippen molar-refractivity contribution in [2.24, 2.45) is 17.3 Å². The maximum atomic E-state index is 12.7. The zero-order valence-corrected chi connectivity index (χ0v) is 22.7. The number of carbonyl (C=O) groups excluding carboxylic acids is 3. The molecule has 1 aliphatic heterocycles. The maximum absolute atomic E-state index is 12.7. The highest BCUT2D eigenvalue weighted by Crippen LogP contribution is 2.65. The Morgan fingerprint density at radius 2 is 1.97 bits per heavy atom. The van der Waals surface area contributed by atoms with E-state index in [4.69, 9.17) is 23.5 Å². The Morgan fingerprint density at radius 3 is 2.63 bits per heavy atom. The van der Waals surface area contributed by atoms with Gasteiger partial charge in [0.15, 0.2) is 0 Å². The molecule has 9 nitrogen and oxygen atoms in total. The molecule has 4 fully saturated rings. The molecule has 1 amide bonds. The minimum atomic E-state index is -0.855. The lowest BCUT2D eigenvalue weighted by Crippen LogP contribution is -2.65. The lowest BCUT2D eigenvalue weighted by Gasteiger charge is -2.64. The zero-order valence-electron chi connectivity index (χ0n) is 22.7. The fourth-order valence-corrected chi connectivity index (χ4v) is 6.36. The van der Waals surface area contributed by atoms with Crippen LogP contribution in [0.25, 0.3) is 0 Å². The third kappa shape index (κ3) is 5.27.